The second-order valence-corrected chi connectivity index (χ2v) is 16.3. The van der Waals surface area contributed by atoms with E-state index in [0.29, 0.717) is 86.6 Å². The topological polar surface area (TPSA) is 230 Å². The number of thiophene rings is 4. The summed E-state index contributed by atoms with van der Waals surface area (Å²) in [4.78, 5) is 64.4. The lowest BCUT2D eigenvalue weighted by Gasteiger charge is -2.03. The number of nitrogens with zero attached hydrogens (tertiary/aromatic N) is 6. The van der Waals surface area contributed by atoms with Crippen molar-refractivity contribution in [1.29, 1.82) is 0 Å². The van der Waals surface area contributed by atoms with Gasteiger partial charge in [0.1, 0.15) is 0 Å². The van der Waals surface area contributed by atoms with Gasteiger partial charge >= 0.3 is 20.0 Å². The van der Waals surface area contributed by atoms with Crippen molar-refractivity contribution in [3.8, 4) is 41.8 Å². The normalized spacial score (nSPS) is 12.0. The van der Waals surface area contributed by atoms with Gasteiger partial charge in [0.2, 0.25) is 0 Å². The third-order valence-corrected chi connectivity index (χ3v) is 13.0. The number of rotatable bonds is 8. The van der Waals surface area contributed by atoms with E-state index in [1.807, 2.05) is 0 Å². The van der Waals surface area contributed by atoms with E-state index in [1.54, 1.807) is 72.8 Å². The Morgan fingerprint density at radius 1 is 0.375 bits per heavy atom. The van der Waals surface area contributed by atoms with Gasteiger partial charge in [-0.3, -0.25) is 40.5 Å². The monoisotopic (exact) mass is 818 g/mol. The summed E-state index contributed by atoms with van der Waals surface area (Å²) < 4.78 is 0. The quantitative estimate of drug-likeness (QED) is 0.109. The molecule has 9 rings (SSSR count). The fourth-order valence-electron chi connectivity index (χ4n) is 6.48. The summed E-state index contributed by atoms with van der Waals surface area (Å²) in [5.41, 5.74) is 6.13. The molecule has 2 aliphatic heterocycles. The SMILES string of the molecule is O=[N+]([O-])c1ccc(-c2c3nc(c(-c4ccc([N+](=O)[O-])s4)c4ccc([nH]4)c(-c4ccc([N+](=O)[O-])s4)c4nc(c(-c5ccc([N+](=O)[O-])s5)c5ccc2[nH]5)C=C4)C=C3)s1. The second-order valence-electron chi connectivity index (χ2n) is 12.1. The third kappa shape index (κ3) is 5.98. The molecular formula is C36H18N8O8S4. The molecule has 0 amide bonds. The lowest BCUT2D eigenvalue weighted by molar-refractivity contribution is -0.380. The molecule has 56 heavy (non-hydrogen) atoms. The first-order valence-corrected chi connectivity index (χ1v) is 19.4. The Labute approximate surface area is 327 Å². The summed E-state index contributed by atoms with van der Waals surface area (Å²) in [7, 11) is 0. The first-order valence-electron chi connectivity index (χ1n) is 16.2. The van der Waals surface area contributed by atoms with Gasteiger partial charge in [0.25, 0.3) is 0 Å². The van der Waals surface area contributed by atoms with Gasteiger partial charge in [-0.25, -0.2) is 9.97 Å². The maximum atomic E-state index is 11.8. The lowest BCUT2D eigenvalue weighted by atomic mass is 10.1. The number of nitro groups is 4. The Bertz CT molecular complexity index is 2690. The molecule has 0 spiro atoms. The molecule has 274 valence electrons. The summed E-state index contributed by atoms with van der Waals surface area (Å²) in [5, 5.41) is 46.9. The van der Waals surface area contributed by atoms with Crippen LogP contribution in [-0.2, 0) is 0 Å². The fourth-order valence-corrected chi connectivity index (χ4v) is 10.0. The zero-order valence-corrected chi connectivity index (χ0v) is 31.1. The van der Waals surface area contributed by atoms with Crippen LogP contribution in [0.4, 0.5) is 20.0 Å². The van der Waals surface area contributed by atoms with E-state index in [0.717, 1.165) is 45.3 Å². The Morgan fingerprint density at radius 3 is 0.804 bits per heavy atom. The van der Waals surface area contributed by atoms with Crippen molar-refractivity contribution in [2.24, 2.45) is 0 Å². The van der Waals surface area contributed by atoms with Crippen LogP contribution in [0.15, 0.2) is 72.8 Å². The van der Waals surface area contributed by atoms with Crippen LogP contribution in [0.5, 0.6) is 0 Å². The first-order chi connectivity index (χ1) is 27.0. The van der Waals surface area contributed by atoms with E-state index in [1.165, 1.54) is 24.3 Å². The summed E-state index contributed by atoms with van der Waals surface area (Å²) in [6, 6.07) is 19.4. The van der Waals surface area contributed by atoms with Gasteiger partial charge in [0.15, 0.2) is 0 Å². The van der Waals surface area contributed by atoms with Gasteiger partial charge < -0.3 is 9.97 Å². The van der Waals surface area contributed by atoms with E-state index in [-0.39, 0.29) is 20.0 Å². The highest BCUT2D eigenvalue weighted by molar-refractivity contribution is 7.19. The first kappa shape index (κ1) is 34.7. The van der Waals surface area contributed by atoms with Crippen molar-refractivity contribution < 1.29 is 19.7 Å². The summed E-state index contributed by atoms with van der Waals surface area (Å²) >= 11 is 3.87. The minimum Gasteiger partial charge on any atom is -0.354 e. The number of H-pyrrole nitrogens is 2. The fraction of sp³-hybridized carbons (Fsp3) is 0. The molecule has 0 radical (unpaired) electrons. The molecule has 20 heteroatoms. The minimum atomic E-state index is -0.472. The Hall–Kier alpha value is -7.00. The molecule has 9 heterocycles. The van der Waals surface area contributed by atoms with Crippen LogP contribution in [0, 0.1) is 40.5 Å². The van der Waals surface area contributed by atoms with Gasteiger partial charge in [-0.05, 0) is 72.8 Å². The van der Waals surface area contributed by atoms with E-state index in [2.05, 4.69) is 9.97 Å². The molecule has 0 saturated heterocycles. The maximum absolute atomic E-state index is 11.8. The Morgan fingerprint density at radius 2 is 0.607 bits per heavy atom. The molecule has 0 unspecified atom stereocenters. The lowest BCUT2D eigenvalue weighted by Crippen LogP contribution is -1.87. The average Bonchev–Trinajstić information content (AvgIpc) is 4.01. The smallest absolute Gasteiger partial charge is 0.324 e. The van der Waals surface area contributed by atoms with E-state index >= 15 is 0 Å². The molecule has 16 nitrogen and oxygen atoms in total. The van der Waals surface area contributed by atoms with E-state index in [9.17, 15) is 40.5 Å². The number of hydrogen-bond acceptors (Lipinski definition) is 14. The molecule has 0 atom stereocenters. The van der Waals surface area contributed by atoms with Crippen molar-refractivity contribution in [3.05, 3.63) is 136 Å². The minimum absolute atomic E-state index is 0.0787. The largest absolute Gasteiger partial charge is 0.354 e. The maximum Gasteiger partial charge on any atom is 0.324 e. The van der Waals surface area contributed by atoms with Crippen LogP contribution in [0.25, 0.3) is 88.1 Å². The summed E-state index contributed by atoms with van der Waals surface area (Å²) in [5.74, 6) is 0. The van der Waals surface area contributed by atoms with E-state index < -0.39 is 19.7 Å². The Balaban J connectivity index is 1.45. The zero-order valence-electron chi connectivity index (χ0n) is 27.8. The summed E-state index contributed by atoms with van der Waals surface area (Å²) in [6.07, 6.45) is 7.06. The van der Waals surface area contributed by atoms with Gasteiger partial charge in [-0.1, -0.05) is 45.3 Å². The Kier molecular flexibility index (Phi) is 8.31. The molecule has 0 aromatic carbocycles. The van der Waals surface area contributed by atoms with Crippen LogP contribution in [0.3, 0.4) is 0 Å². The predicted molar refractivity (Wildman–Crippen MR) is 219 cm³/mol. The van der Waals surface area contributed by atoms with Crippen LogP contribution in [0.1, 0.15) is 22.8 Å². The van der Waals surface area contributed by atoms with Crippen LogP contribution in [-0.4, -0.2) is 39.6 Å². The van der Waals surface area contributed by atoms with Crippen LogP contribution >= 0.6 is 45.3 Å². The summed E-state index contributed by atoms with van der Waals surface area (Å²) in [6.45, 7) is 0. The number of hydrogen-bond donors (Lipinski definition) is 2. The predicted octanol–water partition coefficient (Wildman–Crippen LogP) is 11.2. The standard InChI is InChI=1S/C36H18N8O8S4/c45-41(46)29-13-9-25(53-29)33-17-1-2-18(37-17)34(26-10-14-30(54-26)42(47)48)20-5-6-22(39-20)36(28-12-16-32(56-28)44(51)52)24-8-7-23(40-24)35(21-4-3-19(33)38-21)27-11-15-31(55-27)43(49)50/h1-16,37,40H. The van der Waals surface area contributed by atoms with Crippen molar-refractivity contribution in [2.75, 3.05) is 0 Å². The van der Waals surface area contributed by atoms with Crippen molar-refractivity contribution >= 4 is 112 Å². The molecule has 2 aliphatic rings. The second kappa shape index (κ2) is 13.4. The molecule has 7 aromatic heterocycles. The van der Waals surface area contributed by atoms with E-state index in [4.69, 9.17) is 9.97 Å². The average molecular weight is 819 g/mol. The van der Waals surface area contributed by atoms with Gasteiger partial charge in [0.05, 0.1) is 42.5 Å². The number of aromatic amines is 2. The number of aromatic nitrogens is 4. The van der Waals surface area contributed by atoms with Crippen molar-refractivity contribution in [2.45, 2.75) is 0 Å². The number of nitrogens with one attached hydrogen (secondary N) is 2. The zero-order chi connectivity index (χ0) is 38.8. The molecule has 8 bridgehead atoms. The molecule has 2 N–H and O–H groups in total. The molecular weight excluding hydrogens is 801 g/mol. The molecule has 0 aliphatic carbocycles. The van der Waals surface area contributed by atoms with Gasteiger partial charge in [0, 0.05) is 88.1 Å². The third-order valence-electron chi connectivity index (χ3n) is 8.83. The van der Waals surface area contributed by atoms with Crippen molar-refractivity contribution in [1.82, 2.24) is 19.9 Å². The van der Waals surface area contributed by atoms with Gasteiger partial charge in [-0.2, -0.15) is 0 Å². The highest BCUT2D eigenvalue weighted by Gasteiger charge is 2.24. The van der Waals surface area contributed by atoms with Gasteiger partial charge in [-0.15, -0.1) is 0 Å². The number of fused-ring (bicyclic) bond motifs is 8. The van der Waals surface area contributed by atoms with Crippen molar-refractivity contribution in [3.63, 3.8) is 0 Å². The highest BCUT2D eigenvalue weighted by Crippen LogP contribution is 2.44. The van der Waals surface area contributed by atoms with Crippen LogP contribution < -0.4 is 0 Å². The van der Waals surface area contributed by atoms with Crippen LogP contribution in [0.2, 0.25) is 0 Å². The molecule has 7 aromatic rings. The molecule has 0 saturated carbocycles. The molecule has 0 fully saturated rings. The highest BCUT2D eigenvalue weighted by atomic mass is 32.1.